The molecule has 14 heteroatoms. The molecule has 0 saturated heterocycles. The molecule has 0 saturated carbocycles. The van der Waals surface area contributed by atoms with Gasteiger partial charge in [0.25, 0.3) is 0 Å². The van der Waals surface area contributed by atoms with Crippen LogP contribution in [0.25, 0.3) is 85.0 Å². The Balaban J connectivity index is 1.48. The van der Waals surface area contributed by atoms with Crippen LogP contribution in [0, 0.1) is 6.92 Å². The second-order valence-electron chi connectivity index (χ2n) is 12.8. The van der Waals surface area contributed by atoms with Gasteiger partial charge < -0.3 is 29.9 Å². The lowest BCUT2D eigenvalue weighted by molar-refractivity contribution is -0.00389. The number of methoxy groups -OCH3 is 3. The van der Waals surface area contributed by atoms with Crippen LogP contribution in [0.5, 0.6) is 5.75 Å². The number of aryl methyl sites for hydroxylation is 1. The van der Waals surface area contributed by atoms with Crippen LogP contribution in [0.15, 0.2) is 57.2 Å². The SMILES string of the molecule is COC1=Cc2c(c3nc4nc(nc5[nH]c(nc6nc(nc2[nH]3)-c2ccc(Br)cc2-6)c2cc(OC)c(C)cc52)-c2cc(Br)c(N)cc2-4)CC1(C)OC. The van der Waals surface area contributed by atoms with Gasteiger partial charge in [0.05, 0.1) is 14.2 Å². The summed E-state index contributed by atoms with van der Waals surface area (Å²) in [6, 6.07) is 13.7. The van der Waals surface area contributed by atoms with E-state index in [4.69, 9.17) is 49.8 Å². The lowest BCUT2D eigenvalue weighted by atomic mass is 9.87. The number of hydrogen-bond donors (Lipinski definition) is 3. The van der Waals surface area contributed by atoms with E-state index in [1.54, 1.807) is 21.3 Å². The highest BCUT2D eigenvalue weighted by molar-refractivity contribution is 9.10. The fraction of sp³-hybridized carbons (Fsp3) is 0.189. The monoisotopic (exact) mass is 805 g/mol. The molecule has 0 amide bonds. The number of aromatic amines is 2. The molecule has 8 bridgehead atoms. The standard InChI is InChI=1S/C37H29Br2N9O3/c1-15-8-18-22(12-27(15)49-3)34-44-30(18)43-32-20-10-25(39)26(40)11-21(20)33(46-32)47-36-24-14-37(2,51-5)28(50-4)13-23(24)35(48-36)42-29-17-7-6-16(38)9-19(17)31(41-29)45-34/h6-13H,14,40H2,1-5H3,(H2,41,42,43,44,45,46,47,48). The van der Waals surface area contributed by atoms with Crippen LogP contribution in [0.1, 0.15) is 23.6 Å². The van der Waals surface area contributed by atoms with Gasteiger partial charge in [-0.2, -0.15) is 0 Å². The molecule has 3 aliphatic rings. The van der Waals surface area contributed by atoms with Crippen molar-refractivity contribution in [1.82, 2.24) is 39.9 Å². The van der Waals surface area contributed by atoms with Crippen LogP contribution in [-0.4, -0.2) is 66.8 Å². The lowest BCUT2D eigenvalue weighted by Crippen LogP contribution is -2.35. The predicted molar refractivity (Wildman–Crippen MR) is 204 cm³/mol. The van der Waals surface area contributed by atoms with Crippen LogP contribution in [0.3, 0.4) is 0 Å². The second-order valence-corrected chi connectivity index (χ2v) is 14.6. The van der Waals surface area contributed by atoms with Crippen LogP contribution >= 0.6 is 31.9 Å². The average Bonchev–Trinajstić information content (AvgIpc) is 3.82. The predicted octanol–water partition coefficient (Wildman–Crippen LogP) is 8.09. The zero-order valence-electron chi connectivity index (χ0n) is 28.1. The van der Waals surface area contributed by atoms with Crippen molar-refractivity contribution in [3.05, 3.63) is 73.9 Å². The fourth-order valence-corrected chi connectivity index (χ4v) is 7.69. The first kappa shape index (κ1) is 31.8. The Morgan fingerprint density at radius 1 is 0.706 bits per heavy atom. The summed E-state index contributed by atoms with van der Waals surface area (Å²) in [6.45, 7) is 3.99. The van der Waals surface area contributed by atoms with E-state index in [-0.39, 0.29) is 0 Å². The van der Waals surface area contributed by atoms with Gasteiger partial charge in [-0.25, -0.2) is 29.9 Å². The minimum absolute atomic E-state index is 0.453. The zero-order chi connectivity index (χ0) is 35.3. The number of aromatic nitrogens is 8. The van der Waals surface area contributed by atoms with Crippen molar-refractivity contribution in [3.8, 4) is 51.3 Å². The van der Waals surface area contributed by atoms with Gasteiger partial charge in [-0.15, -0.1) is 0 Å². The van der Waals surface area contributed by atoms with E-state index < -0.39 is 5.60 Å². The first-order valence-electron chi connectivity index (χ1n) is 16.0. The quantitative estimate of drug-likeness (QED) is 0.149. The van der Waals surface area contributed by atoms with Crippen molar-refractivity contribution >= 4 is 77.0 Å². The van der Waals surface area contributed by atoms with Crippen LogP contribution in [0.4, 0.5) is 5.69 Å². The maximum atomic E-state index is 6.42. The number of nitrogens with zero attached hydrogens (tertiary/aromatic N) is 6. The smallest absolute Gasteiger partial charge is 0.164 e. The van der Waals surface area contributed by atoms with Gasteiger partial charge >= 0.3 is 0 Å². The molecule has 254 valence electrons. The Hall–Kier alpha value is -5.18. The number of fused-ring (bicyclic) bond motifs is 20. The summed E-state index contributed by atoms with van der Waals surface area (Å²) >= 11 is 7.25. The summed E-state index contributed by atoms with van der Waals surface area (Å²) in [5.41, 5.74) is 14.4. The molecule has 3 aromatic heterocycles. The molecular weight excluding hydrogens is 778 g/mol. The molecule has 1 atom stereocenters. The van der Waals surface area contributed by atoms with Crippen molar-refractivity contribution in [2.24, 2.45) is 0 Å². The highest BCUT2D eigenvalue weighted by atomic mass is 79.9. The Labute approximate surface area is 307 Å². The third-order valence-corrected chi connectivity index (χ3v) is 10.9. The molecule has 0 spiro atoms. The van der Waals surface area contributed by atoms with Gasteiger partial charge in [-0.3, -0.25) is 0 Å². The van der Waals surface area contributed by atoms with Gasteiger partial charge in [0.2, 0.25) is 0 Å². The molecule has 5 heterocycles. The number of ether oxygens (including phenoxy) is 3. The lowest BCUT2D eigenvalue weighted by Gasteiger charge is -2.32. The second kappa shape index (κ2) is 11.4. The molecule has 4 N–H and O–H groups in total. The van der Waals surface area contributed by atoms with Gasteiger partial charge in [0.15, 0.2) is 23.3 Å². The van der Waals surface area contributed by atoms with Gasteiger partial charge in [-0.1, -0.05) is 15.9 Å². The van der Waals surface area contributed by atoms with E-state index in [1.165, 1.54) is 0 Å². The molecule has 6 aromatic rings. The molecular formula is C37H29Br2N9O3. The summed E-state index contributed by atoms with van der Waals surface area (Å²) in [5, 5.41) is 1.67. The van der Waals surface area contributed by atoms with Crippen molar-refractivity contribution < 1.29 is 14.2 Å². The molecule has 2 aliphatic heterocycles. The Kier molecular flexibility index (Phi) is 7.11. The molecule has 51 heavy (non-hydrogen) atoms. The number of H-pyrrole nitrogens is 2. The molecule has 0 fully saturated rings. The van der Waals surface area contributed by atoms with Gasteiger partial charge in [0, 0.05) is 72.3 Å². The van der Waals surface area contributed by atoms with Crippen LogP contribution in [-0.2, 0) is 15.9 Å². The van der Waals surface area contributed by atoms with Crippen molar-refractivity contribution in [2.45, 2.75) is 25.9 Å². The van der Waals surface area contributed by atoms with E-state index in [0.29, 0.717) is 63.8 Å². The number of nitrogens with one attached hydrogen (secondary N) is 2. The summed E-state index contributed by atoms with van der Waals surface area (Å²) in [5.74, 6) is 3.31. The maximum Gasteiger partial charge on any atom is 0.164 e. The Bertz CT molecular complexity index is 2720. The number of hydrogen-bond acceptors (Lipinski definition) is 10. The Morgan fingerprint density at radius 3 is 2.00 bits per heavy atom. The topological polar surface area (TPSA) is 163 Å². The van der Waals surface area contributed by atoms with E-state index in [9.17, 15) is 0 Å². The average molecular weight is 808 g/mol. The summed E-state index contributed by atoms with van der Waals surface area (Å²) in [7, 11) is 4.97. The minimum Gasteiger partial charge on any atom is -0.498 e. The van der Waals surface area contributed by atoms with Gasteiger partial charge in [-0.05, 0) is 83.9 Å². The molecule has 0 radical (unpaired) electrons. The summed E-state index contributed by atoms with van der Waals surface area (Å²) < 4.78 is 19.2. The Morgan fingerprint density at radius 2 is 1.31 bits per heavy atom. The first-order chi connectivity index (χ1) is 24.6. The van der Waals surface area contributed by atoms with Crippen molar-refractivity contribution in [1.29, 1.82) is 0 Å². The van der Waals surface area contributed by atoms with Crippen molar-refractivity contribution in [3.63, 3.8) is 0 Å². The van der Waals surface area contributed by atoms with E-state index in [2.05, 4.69) is 41.8 Å². The normalized spacial score (nSPS) is 16.0. The van der Waals surface area contributed by atoms with Crippen LogP contribution in [0.2, 0.25) is 0 Å². The molecule has 12 nitrogen and oxygen atoms in total. The third kappa shape index (κ3) is 4.88. The number of nitrogen functional groups attached to an aromatic ring is 1. The number of nitrogens with two attached hydrogens (primary N) is 1. The molecule has 1 aliphatic carbocycles. The van der Waals surface area contributed by atoms with E-state index in [0.717, 1.165) is 64.4 Å². The zero-order valence-corrected chi connectivity index (χ0v) is 31.2. The molecule has 1 unspecified atom stereocenters. The van der Waals surface area contributed by atoms with Crippen LogP contribution < -0.4 is 10.5 Å². The maximum absolute atomic E-state index is 6.42. The number of halogens is 2. The van der Waals surface area contributed by atoms with E-state index in [1.807, 2.05) is 62.4 Å². The fourth-order valence-electron chi connectivity index (χ4n) is 6.98. The number of rotatable bonds is 3. The number of benzene rings is 3. The minimum atomic E-state index is -0.738. The third-order valence-electron chi connectivity index (χ3n) is 9.74. The summed E-state index contributed by atoms with van der Waals surface area (Å²) in [4.78, 5) is 37.5. The van der Waals surface area contributed by atoms with Gasteiger partial charge in [0.1, 0.15) is 39.7 Å². The van der Waals surface area contributed by atoms with E-state index >= 15 is 0 Å². The highest BCUT2D eigenvalue weighted by Gasteiger charge is 2.37. The number of anilines is 1. The molecule has 3 aromatic carbocycles. The molecule has 9 rings (SSSR count). The first-order valence-corrected chi connectivity index (χ1v) is 17.6. The largest absolute Gasteiger partial charge is 0.498 e. The highest BCUT2D eigenvalue weighted by Crippen LogP contribution is 2.42. The summed E-state index contributed by atoms with van der Waals surface area (Å²) in [6.07, 6.45) is 2.42. The van der Waals surface area contributed by atoms with Crippen molar-refractivity contribution in [2.75, 3.05) is 27.1 Å².